The minimum atomic E-state index is 0.604. The molecule has 92 valence electrons. The van der Waals surface area contributed by atoms with E-state index in [1.54, 1.807) is 0 Å². The monoisotopic (exact) mass is 233 g/mol. The van der Waals surface area contributed by atoms with E-state index in [0.717, 1.165) is 38.2 Å². The summed E-state index contributed by atoms with van der Waals surface area (Å²) >= 11 is 0. The molecule has 4 nitrogen and oxygen atoms in total. The molecule has 1 aliphatic rings. The zero-order valence-electron chi connectivity index (χ0n) is 10.2. The summed E-state index contributed by atoms with van der Waals surface area (Å²) in [7, 11) is 2.16. The van der Waals surface area contributed by atoms with Crippen LogP contribution in [-0.4, -0.2) is 44.5 Å². The van der Waals surface area contributed by atoms with Gasteiger partial charge in [0.1, 0.15) is 0 Å². The van der Waals surface area contributed by atoms with Crippen molar-refractivity contribution in [3.05, 3.63) is 29.8 Å². The molecule has 0 bridgehead atoms. The van der Waals surface area contributed by atoms with Crippen LogP contribution in [0.4, 0.5) is 5.69 Å². The highest BCUT2D eigenvalue weighted by atomic mass is 16.1. The largest absolute Gasteiger partial charge is 0.369 e. The fraction of sp³-hybridized carbons (Fsp3) is 0.462. The van der Waals surface area contributed by atoms with Crippen molar-refractivity contribution in [3.8, 4) is 0 Å². The van der Waals surface area contributed by atoms with Gasteiger partial charge in [-0.2, -0.15) is 0 Å². The molecule has 2 rings (SSSR count). The lowest BCUT2D eigenvalue weighted by Crippen LogP contribution is -2.44. The Morgan fingerprint density at radius 2 is 1.82 bits per heavy atom. The minimum absolute atomic E-state index is 0.604. The number of rotatable bonds is 4. The van der Waals surface area contributed by atoms with Crippen molar-refractivity contribution in [2.24, 2.45) is 0 Å². The standard InChI is InChI=1S/C13H19N3O/c1-15-6-8-16(9-7-15)13-4-2-12(3-5-13)10-14-11-17/h2-5,11H,6-10H2,1H3,(H,14,17). The maximum atomic E-state index is 10.2. The van der Waals surface area contributed by atoms with Gasteiger partial charge in [0.25, 0.3) is 0 Å². The Labute approximate surface area is 102 Å². The van der Waals surface area contributed by atoms with Gasteiger partial charge in [-0.1, -0.05) is 12.1 Å². The molecule has 0 unspecified atom stereocenters. The highest BCUT2D eigenvalue weighted by Crippen LogP contribution is 2.16. The molecule has 0 atom stereocenters. The Bertz CT molecular complexity index is 355. The fourth-order valence-corrected chi connectivity index (χ4v) is 2.05. The lowest BCUT2D eigenvalue weighted by Gasteiger charge is -2.34. The average molecular weight is 233 g/mol. The number of piperazine rings is 1. The van der Waals surface area contributed by atoms with Gasteiger partial charge in [0, 0.05) is 38.4 Å². The van der Waals surface area contributed by atoms with Crippen LogP contribution in [0.25, 0.3) is 0 Å². The number of likely N-dealkylation sites (N-methyl/N-ethyl adjacent to an activating group) is 1. The van der Waals surface area contributed by atoms with Crippen LogP contribution in [0.15, 0.2) is 24.3 Å². The Morgan fingerprint density at radius 3 is 2.41 bits per heavy atom. The maximum absolute atomic E-state index is 10.2. The van der Waals surface area contributed by atoms with E-state index in [-0.39, 0.29) is 0 Å². The zero-order valence-corrected chi connectivity index (χ0v) is 10.2. The second kappa shape index (κ2) is 5.68. The summed E-state index contributed by atoms with van der Waals surface area (Å²) in [5, 5.41) is 2.67. The van der Waals surface area contributed by atoms with Gasteiger partial charge >= 0.3 is 0 Å². The van der Waals surface area contributed by atoms with Crippen molar-refractivity contribution in [2.75, 3.05) is 38.1 Å². The first kappa shape index (κ1) is 11.9. The van der Waals surface area contributed by atoms with Crippen LogP contribution in [0.1, 0.15) is 5.56 Å². The SMILES string of the molecule is CN1CCN(c2ccc(CNC=O)cc2)CC1. The van der Waals surface area contributed by atoms with Crippen LogP contribution in [0.5, 0.6) is 0 Å². The zero-order chi connectivity index (χ0) is 12.1. The van der Waals surface area contributed by atoms with Crippen molar-refractivity contribution in [3.63, 3.8) is 0 Å². The summed E-state index contributed by atoms with van der Waals surface area (Å²) in [4.78, 5) is 14.9. The molecule has 0 aliphatic carbocycles. The normalized spacial score (nSPS) is 16.9. The average Bonchev–Trinajstić information content (AvgIpc) is 2.38. The number of anilines is 1. The van der Waals surface area contributed by atoms with E-state index in [4.69, 9.17) is 0 Å². The summed E-state index contributed by atoms with van der Waals surface area (Å²) in [5.74, 6) is 0. The van der Waals surface area contributed by atoms with Crippen LogP contribution < -0.4 is 10.2 Å². The van der Waals surface area contributed by atoms with Crippen LogP contribution >= 0.6 is 0 Å². The summed E-state index contributed by atoms with van der Waals surface area (Å²) < 4.78 is 0. The molecule has 0 radical (unpaired) electrons. The van der Waals surface area contributed by atoms with Crippen LogP contribution in [-0.2, 0) is 11.3 Å². The first-order valence-electron chi connectivity index (χ1n) is 5.99. The van der Waals surface area contributed by atoms with Gasteiger partial charge in [-0.05, 0) is 24.7 Å². The van der Waals surface area contributed by atoms with E-state index >= 15 is 0 Å². The van der Waals surface area contributed by atoms with Gasteiger partial charge in [0.15, 0.2) is 0 Å². The predicted molar refractivity (Wildman–Crippen MR) is 69.1 cm³/mol. The molecule has 1 saturated heterocycles. The third-order valence-corrected chi connectivity index (χ3v) is 3.19. The first-order valence-corrected chi connectivity index (χ1v) is 5.99. The molecule has 1 aromatic carbocycles. The van der Waals surface area contributed by atoms with Crippen molar-refractivity contribution < 1.29 is 4.79 Å². The molecule has 1 amide bonds. The van der Waals surface area contributed by atoms with Gasteiger partial charge in [0.05, 0.1) is 0 Å². The van der Waals surface area contributed by atoms with Gasteiger partial charge < -0.3 is 15.1 Å². The van der Waals surface area contributed by atoms with Gasteiger partial charge in [-0.25, -0.2) is 0 Å². The summed E-state index contributed by atoms with van der Waals surface area (Å²) in [6.07, 6.45) is 0.731. The Balaban J connectivity index is 1.95. The van der Waals surface area contributed by atoms with Crippen molar-refractivity contribution in [1.82, 2.24) is 10.2 Å². The second-order valence-electron chi connectivity index (χ2n) is 4.46. The van der Waals surface area contributed by atoms with E-state index in [1.807, 2.05) is 0 Å². The highest BCUT2D eigenvalue weighted by molar-refractivity contribution is 5.49. The lowest BCUT2D eigenvalue weighted by atomic mass is 10.2. The van der Waals surface area contributed by atoms with Crippen LogP contribution in [0.3, 0.4) is 0 Å². The predicted octanol–water partition coefficient (Wildman–Crippen LogP) is 0.684. The molecule has 4 heteroatoms. The molecule has 1 aromatic rings. The molecule has 1 fully saturated rings. The van der Waals surface area contributed by atoms with E-state index < -0.39 is 0 Å². The van der Waals surface area contributed by atoms with Crippen LogP contribution in [0.2, 0.25) is 0 Å². The number of carbonyl (C=O) groups is 1. The smallest absolute Gasteiger partial charge is 0.207 e. The molecule has 0 saturated carbocycles. The molecule has 1 N–H and O–H groups in total. The third-order valence-electron chi connectivity index (χ3n) is 3.19. The number of nitrogens with one attached hydrogen (secondary N) is 1. The topological polar surface area (TPSA) is 35.6 Å². The minimum Gasteiger partial charge on any atom is -0.369 e. The Morgan fingerprint density at radius 1 is 1.18 bits per heavy atom. The number of hydrogen-bond donors (Lipinski definition) is 1. The number of carbonyl (C=O) groups excluding carboxylic acids is 1. The molecule has 0 aromatic heterocycles. The van der Waals surface area contributed by atoms with Crippen molar-refractivity contribution >= 4 is 12.1 Å². The third kappa shape index (κ3) is 3.20. The van der Waals surface area contributed by atoms with E-state index in [1.165, 1.54) is 5.69 Å². The fourth-order valence-electron chi connectivity index (χ4n) is 2.05. The highest BCUT2D eigenvalue weighted by Gasteiger charge is 2.13. The molecule has 17 heavy (non-hydrogen) atoms. The molecule has 1 heterocycles. The van der Waals surface area contributed by atoms with E-state index in [9.17, 15) is 4.79 Å². The van der Waals surface area contributed by atoms with E-state index in [0.29, 0.717) is 6.54 Å². The number of benzene rings is 1. The van der Waals surface area contributed by atoms with Crippen molar-refractivity contribution in [1.29, 1.82) is 0 Å². The quantitative estimate of drug-likeness (QED) is 0.777. The van der Waals surface area contributed by atoms with Gasteiger partial charge in [0.2, 0.25) is 6.41 Å². The number of amides is 1. The van der Waals surface area contributed by atoms with E-state index in [2.05, 4.69) is 46.4 Å². The Kier molecular flexibility index (Phi) is 3.98. The van der Waals surface area contributed by atoms with Gasteiger partial charge in [-0.3, -0.25) is 4.79 Å². The number of hydrogen-bond acceptors (Lipinski definition) is 3. The van der Waals surface area contributed by atoms with Crippen LogP contribution in [0, 0.1) is 0 Å². The molecular weight excluding hydrogens is 214 g/mol. The summed E-state index contributed by atoms with van der Waals surface area (Å²) in [6, 6.07) is 8.41. The lowest BCUT2D eigenvalue weighted by molar-refractivity contribution is -0.109. The molecule has 0 spiro atoms. The summed E-state index contributed by atoms with van der Waals surface area (Å²) in [5.41, 5.74) is 2.41. The summed E-state index contributed by atoms with van der Waals surface area (Å²) in [6.45, 7) is 5.01. The maximum Gasteiger partial charge on any atom is 0.207 e. The van der Waals surface area contributed by atoms with Crippen molar-refractivity contribution in [2.45, 2.75) is 6.54 Å². The Hall–Kier alpha value is -1.55. The van der Waals surface area contributed by atoms with Gasteiger partial charge in [-0.15, -0.1) is 0 Å². The second-order valence-corrected chi connectivity index (χ2v) is 4.46. The first-order chi connectivity index (χ1) is 8.29. The molecular formula is C13H19N3O. The number of nitrogens with zero attached hydrogens (tertiary/aromatic N) is 2. The molecule has 1 aliphatic heterocycles.